The Morgan fingerprint density at radius 1 is 1.24 bits per heavy atom. The molecule has 0 fully saturated rings. The molecule has 5 nitrogen and oxygen atoms in total. The van der Waals surface area contributed by atoms with Crippen LogP contribution in [0.1, 0.15) is 6.92 Å². The van der Waals surface area contributed by atoms with Gasteiger partial charge in [-0.15, -0.1) is 0 Å². The van der Waals surface area contributed by atoms with E-state index in [2.05, 4.69) is 0 Å². The van der Waals surface area contributed by atoms with Gasteiger partial charge in [-0.05, 0) is 6.92 Å². The van der Waals surface area contributed by atoms with Crippen LogP contribution in [0.15, 0.2) is 16.5 Å². The molecule has 0 spiro atoms. The van der Waals surface area contributed by atoms with E-state index < -0.39 is 0 Å². The summed E-state index contributed by atoms with van der Waals surface area (Å²) in [5, 5.41) is 0.743. The summed E-state index contributed by atoms with van der Waals surface area (Å²) in [5.74, 6) is 1.55. The number of rotatable bonds is 4. The molecule has 17 heavy (non-hydrogen) atoms. The average Bonchev–Trinajstić information content (AvgIpc) is 2.72. The summed E-state index contributed by atoms with van der Waals surface area (Å²) in [6, 6.07) is 3.41. The SMILES string of the molecule is CCOc1cc2c(OC)c(N)cc(OC)c2o1. The van der Waals surface area contributed by atoms with Crippen LogP contribution in [0.25, 0.3) is 11.0 Å². The zero-order chi connectivity index (χ0) is 12.4. The van der Waals surface area contributed by atoms with Gasteiger partial charge in [-0.1, -0.05) is 0 Å². The lowest BCUT2D eigenvalue weighted by molar-refractivity contribution is 0.263. The molecule has 0 radical (unpaired) electrons. The molecule has 0 amide bonds. The number of hydrogen-bond donors (Lipinski definition) is 1. The third-order valence-corrected chi connectivity index (χ3v) is 2.44. The van der Waals surface area contributed by atoms with E-state index in [1.807, 2.05) is 6.92 Å². The molecular formula is C12H15NO4. The number of benzene rings is 1. The number of ether oxygens (including phenoxy) is 3. The van der Waals surface area contributed by atoms with Gasteiger partial charge >= 0.3 is 0 Å². The zero-order valence-electron chi connectivity index (χ0n) is 10.1. The first kappa shape index (κ1) is 11.4. The van der Waals surface area contributed by atoms with Crippen LogP contribution in [0.4, 0.5) is 5.69 Å². The standard InChI is InChI=1S/C12H15NO4/c1-4-16-10-5-7-11(15-3)8(13)6-9(14-2)12(7)17-10/h5-6H,4,13H2,1-3H3. The molecule has 2 aromatic rings. The van der Waals surface area contributed by atoms with Crippen molar-refractivity contribution in [3.05, 3.63) is 12.1 Å². The third-order valence-electron chi connectivity index (χ3n) is 2.44. The summed E-state index contributed by atoms with van der Waals surface area (Å²) in [4.78, 5) is 0. The van der Waals surface area contributed by atoms with E-state index in [4.69, 9.17) is 24.4 Å². The van der Waals surface area contributed by atoms with Crippen molar-refractivity contribution in [2.24, 2.45) is 0 Å². The van der Waals surface area contributed by atoms with Crippen molar-refractivity contribution in [1.29, 1.82) is 0 Å². The molecular weight excluding hydrogens is 222 g/mol. The number of hydrogen-bond acceptors (Lipinski definition) is 5. The highest BCUT2D eigenvalue weighted by molar-refractivity contribution is 5.95. The summed E-state index contributed by atoms with van der Waals surface area (Å²) >= 11 is 0. The minimum atomic E-state index is 0.421. The molecule has 1 aromatic heterocycles. The van der Waals surface area contributed by atoms with E-state index in [0.717, 1.165) is 5.39 Å². The topological polar surface area (TPSA) is 66.9 Å². The van der Waals surface area contributed by atoms with Gasteiger partial charge in [0.15, 0.2) is 17.1 Å². The van der Waals surface area contributed by atoms with Gasteiger partial charge in [0.1, 0.15) is 0 Å². The van der Waals surface area contributed by atoms with Gasteiger partial charge in [-0.3, -0.25) is 0 Å². The molecule has 0 aliphatic rings. The van der Waals surface area contributed by atoms with E-state index in [1.165, 1.54) is 0 Å². The second-order valence-corrected chi connectivity index (χ2v) is 3.44. The Bertz CT molecular complexity index is 533. The second kappa shape index (κ2) is 4.45. The molecule has 0 bridgehead atoms. The number of anilines is 1. The average molecular weight is 237 g/mol. The third kappa shape index (κ3) is 1.84. The van der Waals surface area contributed by atoms with Gasteiger partial charge in [0.2, 0.25) is 0 Å². The molecule has 1 heterocycles. The fourth-order valence-corrected chi connectivity index (χ4v) is 1.74. The van der Waals surface area contributed by atoms with Gasteiger partial charge in [0, 0.05) is 12.1 Å². The highest BCUT2D eigenvalue weighted by Gasteiger charge is 2.17. The normalized spacial score (nSPS) is 10.5. The number of methoxy groups -OCH3 is 2. The fraction of sp³-hybridized carbons (Fsp3) is 0.333. The minimum Gasteiger partial charge on any atom is -0.494 e. The van der Waals surface area contributed by atoms with Crippen molar-refractivity contribution in [2.75, 3.05) is 26.6 Å². The molecule has 5 heteroatoms. The van der Waals surface area contributed by atoms with Crippen LogP contribution < -0.4 is 19.9 Å². The largest absolute Gasteiger partial charge is 0.494 e. The maximum absolute atomic E-state index is 5.87. The number of furan rings is 1. The van der Waals surface area contributed by atoms with Gasteiger partial charge in [0.05, 0.1) is 31.9 Å². The first-order valence-electron chi connectivity index (χ1n) is 5.28. The van der Waals surface area contributed by atoms with Crippen LogP contribution in [0, 0.1) is 0 Å². The molecule has 0 saturated heterocycles. The van der Waals surface area contributed by atoms with Crippen LogP contribution >= 0.6 is 0 Å². The molecule has 92 valence electrons. The van der Waals surface area contributed by atoms with Crippen LogP contribution in [0.2, 0.25) is 0 Å². The highest BCUT2D eigenvalue weighted by Crippen LogP contribution is 2.42. The number of nitrogen functional groups attached to an aromatic ring is 1. The predicted molar refractivity (Wildman–Crippen MR) is 64.9 cm³/mol. The monoisotopic (exact) mass is 237 g/mol. The number of fused-ring (bicyclic) bond motifs is 1. The molecule has 0 aliphatic carbocycles. The zero-order valence-corrected chi connectivity index (χ0v) is 10.1. The van der Waals surface area contributed by atoms with E-state index in [1.54, 1.807) is 26.4 Å². The van der Waals surface area contributed by atoms with Crippen LogP contribution in [0.5, 0.6) is 17.4 Å². The fourth-order valence-electron chi connectivity index (χ4n) is 1.74. The Labute approximate surface area is 99.0 Å². The van der Waals surface area contributed by atoms with E-state index in [-0.39, 0.29) is 0 Å². The van der Waals surface area contributed by atoms with Crippen molar-refractivity contribution in [1.82, 2.24) is 0 Å². The molecule has 0 saturated carbocycles. The summed E-state index contributed by atoms with van der Waals surface area (Å²) in [5.41, 5.74) is 6.94. The first-order valence-corrected chi connectivity index (χ1v) is 5.28. The number of nitrogens with two attached hydrogens (primary N) is 1. The van der Waals surface area contributed by atoms with Gasteiger partial charge in [0.25, 0.3) is 5.95 Å². The van der Waals surface area contributed by atoms with Crippen LogP contribution in [0.3, 0.4) is 0 Å². The Morgan fingerprint density at radius 3 is 2.59 bits per heavy atom. The molecule has 2 rings (SSSR count). The van der Waals surface area contributed by atoms with Gasteiger partial charge < -0.3 is 24.4 Å². The molecule has 2 N–H and O–H groups in total. The lowest BCUT2D eigenvalue weighted by Gasteiger charge is -2.07. The maximum atomic E-state index is 5.87. The van der Waals surface area contributed by atoms with Crippen molar-refractivity contribution in [3.8, 4) is 17.4 Å². The molecule has 0 atom stereocenters. The maximum Gasteiger partial charge on any atom is 0.285 e. The van der Waals surface area contributed by atoms with Crippen molar-refractivity contribution >= 4 is 16.7 Å². The Kier molecular flexibility index (Phi) is 2.99. The lowest BCUT2D eigenvalue weighted by Crippen LogP contribution is -1.94. The summed E-state index contributed by atoms with van der Waals surface area (Å²) in [6.45, 7) is 2.41. The summed E-state index contributed by atoms with van der Waals surface area (Å²) < 4.78 is 21.3. The Morgan fingerprint density at radius 2 is 2.00 bits per heavy atom. The highest BCUT2D eigenvalue weighted by atomic mass is 16.6. The molecule has 0 unspecified atom stereocenters. The second-order valence-electron chi connectivity index (χ2n) is 3.44. The predicted octanol–water partition coefficient (Wildman–Crippen LogP) is 2.43. The lowest BCUT2D eigenvalue weighted by atomic mass is 10.2. The summed E-state index contributed by atoms with van der Waals surface area (Å²) in [7, 11) is 3.12. The quantitative estimate of drug-likeness (QED) is 0.827. The van der Waals surface area contributed by atoms with Crippen LogP contribution in [-0.2, 0) is 0 Å². The van der Waals surface area contributed by atoms with E-state index >= 15 is 0 Å². The van der Waals surface area contributed by atoms with Crippen LogP contribution in [-0.4, -0.2) is 20.8 Å². The minimum absolute atomic E-state index is 0.421. The first-order chi connectivity index (χ1) is 8.21. The Hall–Kier alpha value is -2.04. The van der Waals surface area contributed by atoms with Gasteiger partial charge in [-0.25, -0.2) is 0 Å². The Balaban J connectivity index is 2.69. The van der Waals surface area contributed by atoms with Crippen molar-refractivity contribution in [2.45, 2.75) is 6.92 Å². The van der Waals surface area contributed by atoms with E-state index in [0.29, 0.717) is 35.3 Å². The van der Waals surface area contributed by atoms with E-state index in [9.17, 15) is 0 Å². The van der Waals surface area contributed by atoms with Crippen molar-refractivity contribution < 1.29 is 18.6 Å². The molecule has 1 aromatic carbocycles. The molecule has 0 aliphatic heterocycles. The van der Waals surface area contributed by atoms with Crippen molar-refractivity contribution in [3.63, 3.8) is 0 Å². The summed E-state index contributed by atoms with van der Waals surface area (Å²) in [6.07, 6.45) is 0. The van der Waals surface area contributed by atoms with Gasteiger partial charge in [-0.2, -0.15) is 0 Å². The smallest absolute Gasteiger partial charge is 0.285 e.